The largest absolute Gasteiger partial charge is 0.507 e. The van der Waals surface area contributed by atoms with E-state index in [0.29, 0.717) is 29.0 Å². The second kappa shape index (κ2) is 6.81. The molecule has 0 unspecified atom stereocenters. The average Bonchev–Trinajstić information content (AvgIpc) is 2.93. The molecule has 0 spiro atoms. The summed E-state index contributed by atoms with van der Waals surface area (Å²) in [6.07, 6.45) is 0.529. The number of benzene rings is 2. The zero-order chi connectivity index (χ0) is 18.0. The van der Waals surface area contributed by atoms with Crippen molar-refractivity contribution >= 4 is 5.91 Å². The van der Waals surface area contributed by atoms with Gasteiger partial charge in [-0.2, -0.15) is 0 Å². The number of amides is 1. The van der Waals surface area contributed by atoms with Crippen molar-refractivity contribution in [2.24, 2.45) is 5.73 Å². The van der Waals surface area contributed by atoms with Gasteiger partial charge in [-0.1, -0.05) is 41.6 Å². The number of hydrogen-bond donors (Lipinski definition) is 2. The Bertz CT molecular complexity index is 895. The molecular formula is C20H20N2O3. The molecular weight excluding hydrogens is 316 g/mol. The van der Waals surface area contributed by atoms with Crippen molar-refractivity contribution < 1.29 is 14.4 Å². The predicted molar refractivity (Wildman–Crippen MR) is 96.0 cm³/mol. The van der Waals surface area contributed by atoms with Gasteiger partial charge in [0.1, 0.15) is 11.5 Å². The van der Waals surface area contributed by atoms with Crippen molar-refractivity contribution in [3.8, 4) is 28.0 Å². The molecule has 0 atom stereocenters. The van der Waals surface area contributed by atoms with E-state index in [0.717, 1.165) is 16.7 Å². The average molecular weight is 336 g/mol. The molecule has 25 heavy (non-hydrogen) atoms. The van der Waals surface area contributed by atoms with Gasteiger partial charge in [0.15, 0.2) is 0 Å². The van der Waals surface area contributed by atoms with E-state index in [9.17, 15) is 9.90 Å². The van der Waals surface area contributed by atoms with Crippen LogP contribution in [0.1, 0.15) is 23.4 Å². The first-order valence-corrected chi connectivity index (χ1v) is 8.11. The highest BCUT2D eigenvalue weighted by Crippen LogP contribution is 2.41. The van der Waals surface area contributed by atoms with Gasteiger partial charge in [-0.05, 0) is 37.5 Å². The minimum atomic E-state index is -0.402. The van der Waals surface area contributed by atoms with Crippen LogP contribution in [-0.2, 0) is 11.2 Å². The van der Waals surface area contributed by atoms with Gasteiger partial charge in [-0.15, -0.1) is 0 Å². The Labute approximate surface area is 146 Å². The molecule has 2 aromatic carbocycles. The fraction of sp³-hybridized carbons (Fsp3) is 0.200. The molecule has 1 aromatic heterocycles. The number of aryl methyl sites for hydroxylation is 2. The van der Waals surface area contributed by atoms with Gasteiger partial charge in [-0.3, -0.25) is 4.79 Å². The number of aromatic nitrogens is 1. The van der Waals surface area contributed by atoms with Gasteiger partial charge in [0, 0.05) is 17.5 Å². The molecule has 3 rings (SSSR count). The molecule has 0 radical (unpaired) electrons. The Balaban J connectivity index is 2.18. The summed E-state index contributed by atoms with van der Waals surface area (Å²) in [5.41, 5.74) is 10.0. The first-order chi connectivity index (χ1) is 12.0. The number of carbonyl (C=O) groups excluding carboxylic acids is 1. The second-order valence-electron chi connectivity index (χ2n) is 6.02. The van der Waals surface area contributed by atoms with Crippen LogP contribution in [0.5, 0.6) is 5.75 Å². The molecule has 3 N–H and O–H groups in total. The topological polar surface area (TPSA) is 89.4 Å². The maximum Gasteiger partial charge on any atom is 0.217 e. The smallest absolute Gasteiger partial charge is 0.217 e. The quantitative estimate of drug-likeness (QED) is 0.742. The summed E-state index contributed by atoms with van der Waals surface area (Å²) in [6, 6.07) is 13.6. The molecule has 0 aliphatic heterocycles. The molecule has 0 fully saturated rings. The van der Waals surface area contributed by atoms with E-state index in [-0.39, 0.29) is 12.2 Å². The maximum absolute atomic E-state index is 11.3. The van der Waals surface area contributed by atoms with Crippen LogP contribution in [0.3, 0.4) is 0 Å². The van der Waals surface area contributed by atoms with Crippen LogP contribution in [0.2, 0.25) is 0 Å². The number of rotatable bonds is 5. The second-order valence-corrected chi connectivity index (χ2v) is 6.02. The van der Waals surface area contributed by atoms with E-state index in [2.05, 4.69) is 5.16 Å². The number of phenolic OH excluding ortho intramolecular Hbond substituents is 1. The first-order valence-electron chi connectivity index (χ1n) is 8.11. The Kier molecular flexibility index (Phi) is 4.57. The number of aromatic hydroxyl groups is 1. The number of carbonyl (C=O) groups is 1. The van der Waals surface area contributed by atoms with E-state index in [1.807, 2.05) is 56.3 Å². The Morgan fingerprint density at radius 3 is 2.40 bits per heavy atom. The lowest BCUT2D eigenvalue weighted by Gasteiger charge is -2.15. The van der Waals surface area contributed by atoms with Gasteiger partial charge in [-0.25, -0.2) is 0 Å². The molecule has 0 bridgehead atoms. The van der Waals surface area contributed by atoms with Crippen LogP contribution in [0.25, 0.3) is 22.3 Å². The zero-order valence-electron chi connectivity index (χ0n) is 14.2. The van der Waals surface area contributed by atoms with Gasteiger partial charge in [0.2, 0.25) is 5.91 Å². The van der Waals surface area contributed by atoms with Crippen LogP contribution in [0.15, 0.2) is 47.0 Å². The minimum absolute atomic E-state index is 0.136. The van der Waals surface area contributed by atoms with Crippen LogP contribution in [0.4, 0.5) is 0 Å². The van der Waals surface area contributed by atoms with Crippen molar-refractivity contribution in [1.82, 2.24) is 5.16 Å². The lowest BCUT2D eigenvalue weighted by atomic mass is 9.91. The van der Waals surface area contributed by atoms with E-state index in [1.165, 1.54) is 0 Å². The fourth-order valence-electron chi connectivity index (χ4n) is 3.09. The molecule has 0 aliphatic carbocycles. The zero-order valence-corrected chi connectivity index (χ0v) is 14.2. The highest BCUT2D eigenvalue weighted by atomic mass is 16.5. The van der Waals surface area contributed by atoms with Crippen molar-refractivity contribution in [3.05, 3.63) is 59.5 Å². The highest BCUT2D eigenvalue weighted by Gasteiger charge is 2.20. The summed E-state index contributed by atoms with van der Waals surface area (Å²) in [5.74, 6) is 0.374. The predicted octanol–water partition coefficient (Wildman–Crippen LogP) is 3.75. The Morgan fingerprint density at radius 1 is 1.12 bits per heavy atom. The minimum Gasteiger partial charge on any atom is -0.507 e. The van der Waals surface area contributed by atoms with Crippen molar-refractivity contribution in [2.75, 3.05) is 0 Å². The third kappa shape index (κ3) is 3.26. The van der Waals surface area contributed by atoms with Gasteiger partial charge in [0.05, 0.1) is 11.3 Å². The Hall–Kier alpha value is -3.08. The van der Waals surface area contributed by atoms with Crippen LogP contribution < -0.4 is 5.73 Å². The van der Waals surface area contributed by atoms with Crippen molar-refractivity contribution in [3.63, 3.8) is 0 Å². The summed E-state index contributed by atoms with van der Waals surface area (Å²) in [6.45, 7) is 3.64. The van der Waals surface area contributed by atoms with Crippen molar-refractivity contribution in [2.45, 2.75) is 26.7 Å². The normalized spacial score (nSPS) is 10.8. The number of nitrogens with two attached hydrogens (primary N) is 1. The fourth-order valence-corrected chi connectivity index (χ4v) is 3.09. The van der Waals surface area contributed by atoms with Crippen molar-refractivity contribution in [1.29, 1.82) is 0 Å². The van der Waals surface area contributed by atoms with Crippen LogP contribution in [0, 0.1) is 13.8 Å². The van der Waals surface area contributed by atoms with E-state index >= 15 is 0 Å². The van der Waals surface area contributed by atoms with E-state index < -0.39 is 5.91 Å². The number of phenols is 1. The van der Waals surface area contributed by atoms with Crippen LogP contribution >= 0.6 is 0 Å². The molecule has 3 aromatic rings. The lowest BCUT2D eigenvalue weighted by molar-refractivity contribution is -0.117. The summed E-state index contributed by atoms with van der Waals surface area (Å²) in [7, 11) is 0. The van der Waals surface area contributed by atoms with Gasteiger partial charge < -0.3 is 15.4 Å². The number of nitrogens with zero attached hydrogens (tertiary/aromatic N) is 1. The molecule has 0 aliphatic rings. The monoisotopic (exact) mass is 336 g/mol. The Morgan fingerprint density at radius 2 is 1.80 bits per heavy atom. The molecule has 1 heterocycles. The summed E-state index contributed by atoms with van der Waals surface area (Å²) >= 11 is 0. The third-order valence-electron chi connectivity index (χ3n) is 4.29. The maximum atomic E-state index is 11.3. The van der Waals surface area contributed by atoms with Gasteiger partial charge in [0.25, 0.3) is 0 Å². The first kappa shape index (κ1) is 16.8. The molecule has 128 valence electrons. The lowest BCUT2D eigenvalue weighted by Crippen LogP contribution is -2.11. The summed E-state index contributed by atoms with van der Waals surface area (Å²) < 4.78 is 5.22. The molecule has 0 saturated carbocycles. The standard InChI is InChI=1S/C20H20N2O3/c1-12-19(13(2)25-22-12)17-9-8-15(14-6-4-3-5-7-14)16(20(17)24)10-11-18(21)23/h3-9,24H,10-11H2,1-2H3,(H2,21,23). The summed E-state index contributed by atoms with van der Waals surface area (Å²) in [5, 5.41) is 14.9. The highest BCUT2D eigenvalue weighted by molar-refractivity contribution is 5.82. The van der Waals surface area contributed by atoms with E-state index in [4.69, 9.17) is 10.3 Å². The SMILES string of the molecule is Cc1noc(C)c1-c1ccc(-c2ccccc2)c(CCC(N)=O)c1O. The van der Waals surface area contributed by atoms with Gasteiger partial charge >= 0.3 is 0 Å². The molecule has 1 amide bonds. The number of hydrogen-bond acceptors (Lipinski definition) is 4. The number of primary amides is 1. The third-order valence-corrected chi connectivity index (χ3v) is 4.29. The molecule has 0 saturated heterocycles. The molecule has 5 nitrogen and oxygen atoms in total. The van der Waals surface area contributed by atoms with Crippen LogP contribution in [-0.4, -0.2) is 16.2 Å². The van der Waals surface area contributed by atoms with E-state index in [1.54, 1.807) is 0 Å². The summed E-state index contributed by atoms with van der Waals surface area (Å²) in [4.78, 5) is 11.3. The molecule has 5 heteroatoms.